The van der Waals surface area contributed by atoms with Gasteiger partial charge in [0.2, 0.25) is 5.91 Å². The third-order valence-electron chi connectivity index (χ3n) is 2.85. The molecule has 0 radical (unpaired) electrons. The van der Waals surface area contributed by atoms with Crippen LogP contribution in [-0.2, 0) is 11.3 Å². The Morgan fingerprint density at radius 1 is 1.56 bits per heavy atom. The van der Waals surface area contributed by atoms with E-state index >= 15 is 0 Å². The van der Waals surface area contributed by atoms with Gasteiger partial charge in [-0.2, -0.15) is 5.10 Å². The van der Waals surface area contributed by atoms with Gasteiger partial charge in [0.1, 0.15) is 0 Å². The Balaban J connectivity index is 2.45. The zero-order valence-electron chi connectivity index (χ0n) is 11.4. The first-order valence-electron chi connectivity index (χ1n) is 6.38. The molecule has 1 amide bonds. The van der Waals surface area contributed by atoms with Gasteiger partial charge >= 0.3 is 0 Å². The Bertz CT molecular complexity index is 370. The number of anilines is 1. The predicted octanol–water partition coefficient (Wildman–Crippen LogP) is 0.511. The molecule has 102 valence electrons. The zero-order valence-corrected chi connectivity index (χ0v) is 11.4. The zero-order chi connectivity index (χ0) is 13.5. The molecule has 1 aromatic rings. The van der Waals surface area contributed by atoms with E-state index in [0.29, 0.717) is 5.69 Å². The number of hydrogen-bond acceptors (Lipinski definition) is 4. The van der Waals surface area contributed by atoms with Gasteiger partial charge < -0.3 is 16.0 Å². The Hall–Kier alpha value is -1.40. The molecule has 1 aromatic heterocycles. The van der Waals surface area contributed by atoms with Crippen molar-refractivity contribution >= 4 is 11.6 Å². The normalized spacial score (nSPS) is 12.7. The number of rotatable bonds is 7. The molecule has 3 N–H and O–H groups in total. The number of carbonyl (C=O) groups excluding carboxylic acids is 1. The molecular weight excluding hydrogens is 230 g/mol. The molecule has 0 aliphatic rings. The quantitative estimate of drug-likeness (QED) is 0.742. The first-order chi connectivity index (χ1) is 8.56. The van der Waals surface area contributed by atoms with Crippen molar-refractivity contribution in [1.82, 2.24) is 14.7 Å². The summed E-state index contributed by atoms with van der Waals surface area (Å²) in [4.78, 5) is 13.7. The summed E-state index contributed by atoms with van der Waals surface area (Å²) < 4.78 is 1.83. The van der Waals surface area contributed by atoms with Gasteiger partial charge in [0.15, 0.2) is 0 Å². The largest absolute Gasteiger partial charge is 0.322 e. The van der Waals surface area contributed by atoms with Crippen LogP contribution >= 0.6 is 0 Å². The summed E-state index contributed by atoms with van der Waals surface area (Å²) in [7, 11) is 0. The maximum Gasteiger partial charge on any atom is 0.241 e. The number of nitrogens with two attached hydrogens (primary N) is 1. The molecule has 18 heavy (non-hydrogen) atoms. The van der Waals surface area contributed by atoms with Gasteiger partial charge in [-0.1, -0.05) is 13.8 Å². The standard InChI is InChI=1S/C12H23N5O/c1-4-16(5-2)6-7-17-9-11(8-14-17)15-12(18)10(3)13/h8-10H,4-7,13H2,1-3H3,(H,15,18)/t10-/m1/s1. The van der Waals surface area contributed by atoms with Crippen LogP contribution in [0.3, 0.4) is 0 Å². The van der Waals surface area contributed by atoms with E-state index in [1.165, 1.54) is 0 Å². The number of nitrogens with zero attached hydrogens (tertiary/aromatic N) is 3. The van der Waals surface area contributed by atoms with Crippen LogP contribution in [0.2, 0.25) is 0 Å². The Labute approximate surface area is 108 Å². The van der Waals surface area contributed by atoms with Crippen molar-refractivity contribution in [2.24, 2.45) is 5.73 Å². The lowest BCUT2D eigenvalue weighted by molar-refractivity contribution is -0.117. The van der Waals surface area contributed by atoms with Gasteiger partial charge in [-0.3, -0.25) is 9.48 Å². The fourth-order valence-corrected chi connectivity index (χ4v) is 1.59. The van der Waals surface area contributed by atoms with Gasteiger partial charge in [0.25, 0.3) is 0 Å². The van der Waals surface area contributed by atoms with E-state index in [-0.39, 0.29) is 5.91 Å². The SMILES string of the molecule is CCN(CC)CCn1cc(NC(=O)[C@@H](C)N)cn1. The highest BCUT2D eigenvalue weighted by molar-refractivity contribution is 5.94. The van der Waals surface area contributed by atoms with Crippen LogP contribution in [0.4, 0.5) is 5.69 Å². The van der Waals surface area contributed by atoms with E-state index in [2.05, 4.69) is 29.2 Å². The molecule has 1 atom stereocenters. The van der Waals surface area contributed by atoms with Crippen LogP contribution in [0, 0.1) is 0 Å². The minimum atomic E-state index is -0.510. The first kappa shape index (κ1) is 14.7. The number of nitrogens with one attached hydrogen (secondary N) is 1. The molecule has 6 heteroatoms. The first-order valence-corrected chi connectivity index (χ1v) is 6.38. The van der Waals surface area contributed by atoms with Crippen molar-refractivity contribution in [1.29, 1.82) is 0 Å². The highest BCUT2D eigenvalue weighted by atomic mass is 16.2. The van der Waals surface area contributed by atoms with Crippen molar-refractivity contribution in [2.45, 2.75) is 33.4 Å². The van der Waals surface area contributed by atoms with Crippen molar-refractivity contribution in [3.8, 4) is 0 Å². The van der Waals surface area contributed by atoms with Gasteiger partial charge in [-0.15, -0.1) is 0 Å². The topological polar surface area (TPSA) is 76.2 Å². The second kappa shape index (κ2) is 7.13. The van der Waals surface area contributed by atoms with Crippen LogP contribution in [0.5, 0.6) is 0 Å². The highest BCUT2D eigenvalue weighted by Gasteiger charge is 2.08. The second-order valence-corrected chi connectivity index (χ2v) is 4.30. The number of likely N-dealkylation sites (N-methyl/N-ethyl adjacent to an activating group) is 1. The third-order valence-corrected chi connectivity index (χ3v) is 2.85. The number of hydrogen-bond donors (Lipinski definition) is 2. The highest BCUT2D eigenvalue weighted by Crippen LogP contribution is 2.05. The van der Waals surface area contributed by atoms with Gasteiger partial charge in [-0.25, -0.2) is 0 Å². The van der Waals surface area contributed by atoms with Crippen LogP contribution < -0.4 is 11.1 Å². The Morgan fingerprint density at radius 2 is 2.22 bits per heavy atom. The maximum absolute atomic E-state index is 11.4. The molecule has 1 heterocycles. The van der Waals surface area contributed by atoms with E-state index < -0.39 is 6.04 Å². The molecule has 0 unspecified atom stereocenters. The minimum absolute atomic E-state index is 0.196. The van der Waals surface area contributed by atoms with E-state index in [9.17, 15) is 4.79 Å². The summed E-state index contributed by atoms with van der Waals surface area (Å²) >= 11 is 0. The molecule has 0 spiro atoms. The number of carbonyl (C=O) groups is 1. The molecule has 0 bridgehead atoms. The average molecular weight is 253 g/mol. The lowest BCUT2D eigenvalue weighted by Gasteiger charge is -2.17. The summed E-state index contributed by atoms with van der Waals surface area (Å²) in [6.07, 6.45) is 3.46. The molecule has 0 saturated carbocycles. The van der Waals surface area contributed by atoms with Crippen LogP contribution in [0.1, 0.15) is 20.8 Å². The second-order valence-electron chi connectivity index (χ2n) is 4.30. The molecule has 0 saturated heterocycles. The monoisotopic (exact) mass is 253 g/mol. The van der Waals surface area contributed by atoms with Crippen molar-refractivity contribution in [2.75, 3.05) is 25.0 Å². The van der Waals surface area contributed by atoms with E-state index in [1.807, 2.05) is 10.9 Å². The van der Waals surface area contributed by atoms with Crippen LogP contribution in [-0.4, -0.2) is 46.3 Å². The van der Waals surface area contributed by atoms with Gasteiger partial charge in [0, 0.05) is 12.7 Å². The fourth-order valence-electron chi connectivity index (χ4n) is 1.59. The predicted molar refractivity (Wildman–Crippen MR) is 72.3 cm³/mol. The molecule has 0 aliphatic carbocycles. The Morgan fingerprint density at radius 3 is 2.78 bits per heavy atom. The number of amides is 1. The minimum Gasteiger partial charge on any atom is -0.322 e. The van der Waals surface area contributed by atoms with E-state index in [4.69, 9.17) is 5.73 Å². The average Bonchev–Trinajstić information content (AvgIpc) is 2.78. The summed E-state index contributed by atoms with van der Waals surface area (Å²) in [6, 6.07) is -0.510. The Kier molecular flexibility index (Phi) is 5.80. The maximum atomic E-state index is 11.4. The summed E-state index contributed by atoms with van der Waals surface area (Å²) in [6.45, 7) is 9.77. The summed E-state index contributed by atoms with van der Waals surface area (Å²) in [5.41, 5.74) is 6.17. The molecular formula is C12H23N5O. The lowest BCUT2D eigenvalue weighted by atomic mass is 10.3. The van der Waals surface area contributed by atoms with Crippen LogP contribution in [0.15, 0.2) is 12.4 Å². The smallest absolute Gasteiger partial charge is 0.241 e. The molecule has 0 aromatic carbocycles. The van der Waals surface area contributed by atoms with Gasteiger partial charge in [-0.05, 0) is 20.0 Å². The van der Waals surface area contributed by atoms with Crippen LogP contribution in [0.25, 0.3) is 0 Å². The lowest BCUT2D eigenvalue weighted by Crippen LogP contribution is -2.32. The molecule has 0 fully saturated rings. The summed E-state index contributed by atoms with van der Waals surface area (Å²) in [5.74, 6) is -0.196. The molecule has 0 aliphatic heterocycles. The van der Waals surface area contributed by atoms with Crippen molar-refractivity contribution in [3.63, 3.8) is 0 Å². The van der Waals surface area contributed by atoms with E-state index in [1.54, 1.807) is 13.1 Å². The fraction of sp³-hybridized carbons (Fsp3) is 0.667. The molecule has 6 nitrogen and oxygen atoms in total. The van der Waals surface area contributed by atoms with Gasteiger partial charge in [0.05, 0.1) is 24.5 Å². The van der Waals surface area contributed by atoms with Crippen molar-refractivity contribution in [3.05, 3.63) is 12.4 Å². The van der Waals surface area contributed by atoms with E-state index in [0.717, 1.165) is 26.2 Å². The van der Waals surface area contributed by atoms with Crippen molar-refractivity contribution < 1.29 is 4.79 Å². The third kappa shape index (κ3) is 4.46. The summed E-state index contributed by atoms with van der Waals surface area (Å²) in [5, 5.41) is 6.92. The molecule has 1 rings (SSSR count). The number of aromatic nitrogens is 2.